The third kappa shape index (κ3) is 4.73. The first-order valence-corrected chi connectivity index (χ1v) is 9.40. The number of aromatic nitrogens is 2. The summed E-state index contributed by atoms with van der Waals surface area (Å²) in [6.45, 7) is -0.375. The van der Waals surface area contributed by atoms with Crippen LogP contribution in [-0.4, -0.2) is 39.8 Å². The fourth-order valence-corrected chi connectivity index (χ4v) is 3.32. The summed E-state index contributed by atoms with van der Waals surface area (Å²) in [5.41, 5.74) is -0.378. The zero-order valence-electron chi connectivity index (χ0n) is 16.0. The Balaban J connectivity index is 1.51. The van der Waals surface area contributed by atoms with E-state index in [0.717, 1.165) is 17.0 Å². The topological polar surface area (TPSA) is 55.3 Å². The molecule has 1 aromatic carbocycles. The zero-order valence-corrected chi connectivity index (χ0v) is 16.0. The van der Waals surface area contributed by atoms with Gasteiger partial charge >= 0.3 is 6.18 Å². The van der Waals surface area contributed by atoms with Crippen molar-refractivity contribution >= 4 is 16.8 Å². The fourth-order valence-electron chi connectivity index (χ4n) is 3.32. The van der Waals surface area contributed by atoms with Crippen molar-refractivity contribution in [1.29, 1.82) is 0 Å². The van der Waals surface area contributed by atoms with E-state index >= 15 is 0 Å². The number of nitrogens with zero attached hydrogens (tertiary/aromatic N) is 3. The van der Waals surface area contributed by atoms with E-state index in [-0.39, 0.29) is 31.0 Å². The first-order chi connectivity index (χ1) is 14.6. The monoisotopic (exact) mass is 437 g/mol. The average Bonchev–Trinajstić information content (AvgIpc) is 2.72. The molecule has 0 unspecified atom stereocenters. The third-order valence-corrected chi connectivity index (χ3v) is 4.85. The lowest BCUT2D eigenvalue weighted by atomic mass is 10.1. The predicted octanol–water partition coefficient (Wildman–Crippen LogP) is 5.31. The summed E-state index contributed by atoms with van der Waals surface area (Å²) >= 11 is 0. The van der Waals surface area contributed by atoms with Crippen LogP contribution in [0.2, 0.25) is 0 Å². The molecule has 5 nitrogen and oxygen atoms in total. The molecule has 0 atom stereocenters. The molecule has 0 aliphatic carbocycles. The van der Waals surface area contributed by atoms with Crippen LogP contribution in [0.4, 0.5) is 22.0 Å². The van der Waals surface area contributed by atoms with Crippen LogP contribution in [-0.2, 0) is 6.18 Å². The highest BCUT2D eigenvalue weighted by molar-refractivity contribution is 5.95. The molecule has 31 heavy (non-hydrogen) atoms. The van der Waals surface area contributed by atoms with E-state index in [1.807, 2.05) is 0 Å². The second-order valence-electron chi connectivity index (χ2n) is 7.22. The number of piperidine rings is 1. The Morgan fingerprint density at radius 3 is 2.58 bits per heavy atom. The lowest BCUT2D eigenvalue weighted by Gasteiger charge is -2.32. The highest BCUT2D eigenvalue weighted by Gasteiger charge is 2.37. The first kappa shape index (κ1) is 21.0. The number of hydrogen-bond donors (Lipinski definition) is 0. The summed E-state index contributed by atoms with van der Waals surface area (Å²) in [5.74, 6) is -3.16. The minimum atomic E-state index is -4.49. The summed E-state index contributed by atoms with van der Waals surface area (Å²) < 4.78 is 70.5. The standard InChI is InChI=1S/C21H16F5N3O2/c22-20(23)8-1-9-29(12-20)19(30)17-5-2-13-10-15(4-6-16(13)28-17)31-18-7-3-14(11-27-18)21(24,25)26/h2-7,10-11H,1,8-9,12H2. The van der Waals surface area contributed by atoms with Crippen molar-refractivity contribution in [3.8, 4) is 11.6 Å². The smallest absolute Gasteiger partial charge is 0.417 e. The van der Waals surface area contributed by atoms with Gasteiger partial charge in [0.2, 0.25) is 5.88 Å². The number of ether oxygens (including phenoxy) is 1. The van der Waals surface area contributed by atoms with Gasteiger partial charge in [-0.25, -0.2) is 18.7 Å². The molecular formula is C21H16F5N3O2. The van der Waals surface area contributed by atoms with Gasteiger partial charge in [0.25, 0.3) is 11.8 Å². The highest BCUT2D eigenvalue weighted by Crippen LogP contribution is 2.31. The van der Waals surface area contributed by atoms with Crippen molar-refractivity contribution in [3.63, 3.8) is 0 Å². The van der Waals surface area contributed by atoms with Crippen molar-refractivity contribution < 1.29 is 31.5 Å². The maximum Gasteiger partial charge on any atom is 0.417 e. The predicted molar refractivity (Wildman–Crippen MR) is 101 cm³/mol. The number of hydrogen-bond acceptors (Lipinski definition) is 4. The molecular weight excluding hydrogens is 421 g/mol. The van der Waals surface area contributed by atoms with Gasteiger partial charge in [-0.2, -0.15) is 13.2 Å². The van der Waals surface area contributed by atoms with Crippen LogP contribution >= 0.6 is 0 Å². The molecule has 1 amide bonds. The molecule has 0 spiro atoms. The number of rotatable bonds is 3. The van der Waals surface area contributed by atoms with Gasteiger partial charge in [0, 0.05) is 30.6 Å². The summed E-state index contributed by atoms with van der Waals surface area (Å²) in [4.78, 5) is 21.6. The van der Waals surface area contributed by atoms with Crippen molar-refractivity contribution in [2.75, 3.05) is 13.1 Å². The molecule has 162 valence electrons. The second-order valence-corrected chi connectivity index (χ2v) is 7.22. The van der Waals surface area contributed by atoms with E-state index < -0.39 is 30.1 Å². The van der Waals surface area contributed by atoms with E-state index in [4.69, 9.17) is 4.74 Å². The van der Waals surface area contributed by atoms with Gasteiger partial charge in [0.1, 0.15) is 11.4 Å². The Morgan fingerprint density at radius 2 is 1.90 bits per heavy atom. The number of amides is 1. The van der Waals surface area contributed by atoms with E-state index in [2.05, 4.69) is 9.97 Å². The summed E-state index contributed by atoms with van der Waals surface area (Å²) in [6, 6.07) is 9.70. The van der Waals surface area contributed by atoms with Gasteiger partial charge in [0.05, 0.1) is 17.6 Å². The average molecular weight is 437 g/mol. The molecule has 0 N–H and O–H groups in total. The van der Waals surface area contributed by atoms with Gasteiger partial charge in [-0.1, -0.05) is 6.07 Å². The molecule has 10 heteroatoms. The molecule has 1 aliphatic rings. The van der Waals surface area contributed by atoms with Crippen molar-refractivity contribution in [1.82, 2.24) is 14.9 Å². The first-order valence-electron chi connectivity index (χ1n) is 9.40. The fraction of sp³-hybridized carbons (Fsp3) is 0.286. The Labute approximate surface area is 173 Å². The number of halogens is 5. The van der Waals surface area contributed by atoms with Crippen molar-refractivity contribution in [3.05, 3.63) is 59.9 Å². The quantitative estimate of drug-likeness (QED) is 0.521. The molecule has 3 aromatic rings. The van der Waals surface area contributed by atoms with Crippen LogP contribution in [0.1, 0.15) is 28.9 Å². The van der Waals surface area contributed by atoms with Crippen LogP contribution in [0, 0.1) is 0 Å². The van der Waals surface area contributed by atoms with Crippen LogP contribution in [0.5, 0.6) is 11.6 Å². The Kier molecular flexibility index (Phi) is 5.24. The second kappa shape index (κ2) is 7.75. The number of carbonyl (C=O) groups excluding carboxylic acids is 1. The molecule has 0 radical (unpaired) electrons. The molecule has 3 heterocycles. The van der Waals surface area contributed by atoms with Crippen LogP contribution < -0.4 is 4.74 Å². The molecule has 0 bridgehead atoms. The van der Waals surface area contributed by atoms with Crippen LogP contribution in [0.25, 0.3) is 10.9 Å². The van der Waals surface area contributed by atoms with Crippen LogP contribution in [0.3, 0.4) is 0 Å². The maximum atomic E-state index is 13.6. The summed E-state index contributed by atoms with van der Waals surface area (Å²) in [6.07, 6.45) is -3.82. The third-order valence-electron chi connectivity index (χ3n) is 4.85. The van der Waals surface area contributed by atoms with Gasteiger partial charge in [-0.15, -0.1) is 0 Å². The lowest BCUT2D eigenvalue weighted by Crippen LogP contribution is -2.45. The summed E-state index contributed by atoms with van der Waals surface area (Å²) in [5, 5.41) is 0.602. The minimum Gasteiger partial charge on any atom is -0.439 e. The molecule has 1 fully saturated rings. The van der Waals surface area contributed by atoms with Crippen molar-refractivity contribution in [2.45, 2.75) is 24.9 Å². The number of carbonyl (C=O) groups is 1. The Bertz CT molecular complexity index is 1120. The molecule has 1 aliphatic heterocycles. The molecule has 2 aromatic heterocycles. The Hall–Kier alpha value is -3.30. The number of fused-ring (bicyclic) bond motifs is 1. The van der Waals surface area contributed by atoms with Gasteiger partial charge < -0.3 is 9.64 Å². The van der Waals surface area contributed by atoms with E-state index in [1.54, 1.807) is 18.2 Å². The van der Waals surface area contributed by atoms with Gasteiger partial charge in [-0.05, 0) is 36.8 Å². The summed E-state index contributed by atoms with van der Waals surface area (Å²) in [7, 11) is 0. The number of benzene rings is 1. The van der Waals surface area contributed by atoms with E-state index in [9.17, 15) is 26.7 Å². The zero-order chi connectivity index (χ0) is 22.2. The highest BCUT2D eigenvalue weighted by atomic mass is 19.4. The van der Waals surface area contributed by atoms with E-state index in [1.165, 1.54) is 12.1 Å². The SMILES string of the molecule is O=C(c1ccc2cc(Oc3ccc(C(F)(F)F)cn3)ccc2n1)N1CCCC(F)(F)C1. The number of likely N-dealkylation sites (tertiary alicyclic amines) is 1. The van der Waals surface area contributed by atoms with Gasteiger partial charge in [-0.3, -0.25) is 4.79 Å². The maximum absolute atomic E-state index is 13.6. The molecule has 4 rings (SSSR count). The number of pyridine rings is 2. The lowest BCUT2D eigenvalue weighted by molar-refractivity contribution is -0.137. The van der Waals surface area contributed by atoms with E-state index in [0.29, 0.717) is 22.8 Å². The minimum absolute atomic E-state index is 0.0156. The largest absolute Gasteiger partial charge is 0.439 e. The van der Waals surface area contributed by atoms with Crippen molar-refractivity contribution in [2.24, 2.45) is 0 Å². The normalized spacial score (nSPS) is 16.4. The molecule has 0 saturated carbocycles. The molecule has 1 saturated heterocycles. The number of alkyl halides is 5. The Morgan fingerprint density at radius 1 is 1.10 bits per heavy atom. The van der Waals surface area contributed by atoms with Crippen LogP contribution in [0.15, 0.2) is 48.7 Å². The van der Waals surface area contributed by atoms with Gasteiger partial charge in [0.15, 0.2) is 0 Å².